The molecule has 59 heavy (non-hydrogen) atoms. The van der Waals surface area contributed by atoms with Crippen molar-refractivity contribution >= 4 is 17.9 Å². The van der Waals surface area contributed by atoms with E-state index in [-0.39, 0.29) is 31.1 Å². The summed E-state index contributed by atoms with van der Waals surface area (Å²) in [7, 11) is 0. The molecule has 0 aromatic rings. The van der Waals surface area contributed by atoms with E-state index >= 15 is 0 Å². The number of hydrogen-bond donors (Lipinski definition) is 0. The van der Waals surface area contributed by atoms with Crippen LogP contribution in [0.15, 0.2) is 24.3 Å². The van der Waals surface area contributed by atoms with Crippen LogP contribution >= 0.6 is 0 Å². The number of unbranched alkanes of at least 4 members (excludes halogenated alkanes) is 32. The first-order chi connectivity index (χ1) is 29.0. The Balaban J connectivity index is 4.23. The lowest BCUT2D eigenvalue weighted by molar-refractivity contribution is -0.167. The van der Waals surface area contributed by atoms with Crippen molar-refractivity contribution < 1.29 is 28.6 Å². The van der Waals surface area contributed by atoms with Crippen molar-refractivity contribution in [2.75, 3.05) is 13.2 Å². The lowest BCUT2D eigenvalue weighted by Crippen LogP contribution is -2.30. The van der Waals surface area contributed by atoms with Gasteiger partial charge in [0.15, 0.2) is 6.10 Å². The van der Waals surface area contributed by atoms with Crippen LogP contribution in [-0.2, 0) is 28.6 Å². The van der Waals surface area contributed by atoms with Crippen molar-refractivity contribution in [1.29, 1.82) is 0 Å². The minimum atomic E-state index is -0.767. The highest BCUT2D eigenvalue weighted by atomic mass is 16.6. The minimum absolute atomic E-state index is 0.0701. The number of ether oxygens (including phenoxy) is 3. The molecule has 0 bridgehead atoms. The molecule has 0 heterocycles. The summed E-state index contributed by atoms with van der Waals surface area (Å²) >= 11 is 0. The van der Waals surface area contributed by atoms with Crippen LogP contribution in [0.1, 0.15) is 278 Å². The average Bonchev–Trinajstić information content (AvgIpc) is 3.23. The van der Waals surface area contributed by atoms with Gasteiger partial charge in [0.25, 0.3) is 0 Å². The third kappa shape index (κ3) is 46.8. The lowest BCUT2D eigenvalue weighted by atomic mass is 10.0. The fourth-order valence-corrected chi connectivity index (χ4v) is 7.53. The van der Waals surface area contributed by atoms with Crippen molar-refractivity contribution in [2.24, 2.45) is 0 Å². The summed E-state index contributed by atoms with van der Waals surface area (Å²) in [5, 5.41) is 0. The molecule has 0 aliphatic heterocycles. The highest BCUT2D eigenvalue weighted by Crippen LogP contribution is 2.16. The number of carbonyl (C=O) groups is 3. The third-order valence-electron chi connectivity index (χ3n) is 11.5. The maximum absolute atomic E-state index is 12.8. The fraction of sp³-hybridized carbons (Fsp3) is 0.868. The Hall–Kier alpha value is -2.11. The van der Waals surface area contributed by atoms with Crippen molar-refractivity contribution in [3.8, 4) is 0 Å². The Morgan fingerprint density at radius 1 is 0.339 bits per heavy atom. The molecule has 0 radical (unpaired) electrons. The minimum Gasteiger partial charge on any atom is -0.462 e. The van der Waals surface area contributed by atoms with Gasteiger partial charge >= 0.3 is 17.9 Å². The fourth-order valence-electron chi connectivity index (χ4n) is 7.53. The van der Waals surface area contributed by atoms with E-state index < -0.39 is 6.10 Å². The average molecular weight is 831 g/mol. The SMILES string of the molecule is CCCCCC/C=C\C/C=C\CCCCCCCCCC(=O)OCC(COC(=O)CCCCCCCCC)OC(=O)CCCCCCCCCCCCCCCCCC. The number of rotatable bonds is 47. The Bertz CT molecular complexity index is 958. The molecule has 0 aromatic heterocycles. The van der Waals surface area contributed by atoms with E-state index in [0.29, 0.717) is 19.3 Å². The second-order valence-corrected chi connectivity index (χ2v) is 17.4. The summed E-state index contributed by atoms with van der Waals surface area (Å²) in [6.45, 7) is 6.60. The molecule has 0 saturated carbocycles. The smallest absolute Gasteiger partial charge is 0.306 e. The second kappa shape index (κ2) is 48.6. The molecule has 0 amide bonds. The van der Waals surface area contributed by atoms with E-state index in [9.17, 15) is 14.4 Å². The van der Waals surface area contributed by atoms with Crippen molar-refractivity contribution in [3.05, 3.63) is 24.3 Å². The molecule has 6 nitrogen and oxygen atoms in total. The van der Waals surface area contributed by atoms with E-state index in [1.165, 1.54) is 167 Å². The molecule has 0 N–H and O–H groups in total. The zero-order valence-corrected chi connectivity index (χ0v) is 39.5. The molecule has 0 aliphatic carbocycles. The lowest BCUT2D eigenvalue weighted by Gasteiger charge is -2.18. The molecule has 0 aliphatic rings. The highest BCUT2D eigenvalue weighted by molar-refractivity contribution is 5.71. The monoisotopic (exact) mass is 831 g/mol. The first kappa shape index (κ1) is 56.9. The van der Waals surface area contributed by atoms with Crippen LogP contribution in [-0.4, -0.2) is 37.2 Å². The largest absolute Gasteiger partial charge is 0.462 e. The van der Waals surface area contributed by atoms with E-state index in [4.69, 9.17) is 14.2 Å². The van der Waals surface area contributed by atoms with Gasteiger partial charge in [-0.1, -0.05) is 231 Å². The zero-order chi connectivity index (χ0) is 43.0. The van der Waals surface area contributed by atoms with Crippen molar-refractivity contribution in [1.82, 2.24) is 0 Å². The summed E-state index contributed by atoms with van der Waals surface area (Å²) < 4.78 is 16.7. The predicted molar refractivity (Wildman–Crippen MR) is 252 cm³/mol. The van der Waals surface area contributed by atoms with Gasteiger partial charge in [-0.25, -0.2) is 0 Å². The number of esters is 3. The molecule has 0 rings (SSSR count). The Morgan fingerprint density at radius 3 is 0.949 bits per heavy atom. The summed E-state index contributed by atoms with van der Waals surface area (Å²) in [6.07, 6.45) is 54.6. The van der Waals surface area contributed by atoms with Crippen LogP contribution in [0.4, 0.5) is 0 Å². The third-order valence-corrected chi connectivity index (χ3v) is 11.5. The summed E-state index contributed by atoms with van der Waals surface area (Å²) in [5.41, 5.74) is 0. The number of hydrogen-bond acceptors (Lipinski definition) is 6. The first-order valence-electron chi connectivity index (χ1n) is 25.8. The van der Waals surface area contributed by atoms with Crippen molar-refractivity contribution in [3.63, 3.8) is 0 Å². The second-order valence-electron chi connectivity index (χ2n) is 17.4. The Labute approximate surface area is 366 Å². The van der Waals surface area contributed by atoms with Crippen LogP contribution in [0.25, 0.3) is 0 Å². The highest BCUT2D eigenvalue weighted by Gasteiger charge is 2.19. The molecule has 1 atom stereocenters. The van der Waals surface area contributed by atoms with Gasteiger partial charge in [-0.2, -0.15) is 0 Å². The molecule has 0 spiro atoms. The quantitative estimate of drug-likeness (QED) is 0.0263. The standard InChI is InChI=1S/C53H98O6/c1-4-7-10-13-16-18-20-22-24-26-27-29-30-32-34-37-40-43-46-52(55)58-49-50(48-57-51(54)45-42-39-36-15-12-9-6-3)59-53(56)47-44-41-38-35-33-31-28-25-23-21-19-17-14-11-8-5-2/h18,20,24,26,50H,4-17,19,21-23,25,27-49H2,1-3H3/b20-18-,26-24-. The zero-order valence-electron chi connectivity index (χ0n) is 39.5. The van der Waals surface area contributed by atoms with Crippen LogP contribution in [0.2, 0.25) is 0 Å². The summed E-state index contributed by atoms with van der Waals surface area (Å²) in [5.74, 6) is -0.871. The maximum Gasteiger partial charge on any atom is 0.306 e. The van der Waals surface area contributed by atoms with Gasteiger partial charge < -0.3 is 14.2 Å². The van der Waals surface area contributed by atoms with Crippen LogP contribution in [0.5, 0.6) is 0 Å². The first-order valence-corrected chi connectivity index (χ1v) is 25.8. The molecule has 0 saturated heterocycles. The van der Waals surface area contributed by atoms with Gasteiger partial charge in [0.05, 0.1) is 0 Å². The number of allylic oxidation sites excluding steroid dienone is 4. The van der Waals surface area contributed by atoms with Crippen LogP contribution in [0.3, 0.4) is 0 Å². The number of carbonyl (C=O) groups excluding carboxylic acids is 3. The van der Waals surface area contributed by atoms with Gasteiger partial charge in [0.2, 0.25) is 0 Å². The van der Waals surface area contributed by atoms with Gasteiger partial charge in [-0.3, -0.25) is 14.4 Å². The van der Waals surface area contributed by atoms with E-state index in [2.05, 4.69) is 45.1 Å². The van der Waals surface area contributed by atoms with Gasteiger partial charge in [-0.15, -0.1) is 0 Å². The molecule has 0 aromatic carbocycles. The van der Waals surface area contributed by atoms with Gasteiger partial charge in [0, 0.05) is 19.3 Å². The van der Waals surface area contributed by atoms with E-state index in [1.807, 2.05) is 0 Å². The van der Waals surface area contributed by atoms with E-state index in [1.54, 1.807) is 0 Å². The van der Waals surface area contributed by atoms with Crippen molar-refractivity contribution in [2.45, 2.75) is 284 Å². The van der Waals surface area contributed by atoms with E-state index in [0.717, 1.165) is 70.6 Å². The normalized spacial score (nSPS) is 12.1. The Kier molecular flexibility index (Phi) is 46.8. The molecule has 1 unspecified atom stereocenters. The van der Waals surface area contributed by atoms with Crippen LogP contribution in [0, 0.1) is 0 Å². The molecular formula is C53H98O6. The summed E-state index contributed by atoms with van der Waals surface area (Å²) in [4.78, 5) is 37.8. The van der Waals surface area contributed by atoms with Gasteiger partial charge in [0.1, 0.15) is 13.2 Å². The summed E-state index contributed by atoms with van der Waals surface area (Å²) in [6, 6.07) is 0. The molecule has 6 heteroatoms. The molecule has 346 valence electrons. The maximum atomic E-state index is 12.8. The van der Waals surface area contributed by atoms with Gasteiger partial charge in [-0.05, 0) is 51.4 Å². The molecular weight excluding hydrogens is 733 g/mol. The van der Waals surface area contributed by atoms with Crippen LogP contribution < -0.4 is 0 Å². The molecule has 0 fully saturated rings. The topological polar surface area (TPSA) is 78.9 Å². The Morgan fingerprint density at radius 2 is 0.610 bits per heavy atom. The predicted octanol–water partition coefficient (Wildman–Crippen LogP) is 16.8.